The summed E-state index contributed by atoms with van der Waals surface area (Å²) < 4.78 is 0.848. The zero-order chi connectivity index (χ0) is 14.7. The lowest BCUT2D eigenvalue weighted by molar-refractivity contribution is 0.833. The van der Waals surface area contributed by atoms with Crippen LogP contribution >= 0.6 is 22.9 Å². The molecule has 0 aliphatic heterocycles. The second-order valence-electron chi connectivity index (χ2n) is 5.72. The van der Waals surface area contributed by atoms with Crippen molar-refractivity contribution in [3.63, 3.8) is 0 Å². The smallest absolute Gasteiger partial charge is 0.0931 e. The third-order valence-corrected chi connectivity index (χ3v) is 4.68. The van der Waals surface area contributed by atoms with Crippen molar-refractivity contribution >= 4 is 28.6 Å². The summed E-state index contributed by atoms with van der Waals surface area (Å²) in [7, 11) is 0. The molecule has 0 aliphatic carbocycles. The van der Waals surface area contributed by atoms with Gasteiger partial charge in [-0.25, -0.2) is 0 Å². The minimum absolute atomic E-state index is 0.517. The Hall–Kier alpha value is -0.990. The lowest BCUT2D eigenvalue weighted by Gasteiger charge is -2.17. The second-order valence-corrected chi connectivity index (χ2v) is 7.52. The van der Waals surface area contributed by atoms with Crippen LogP contribution in [0.4, 0.5) is 5.69 Å². The van der Waals surface area contributed by atoms with Crippen molar-refractivity contribution in [3.05, 3.63) is 50.7 Å². The molecular formula is C17H22ClNS. The van der Waals surface area contributed by atoms with Crippen LogP contribution in [-0.4, -0.2) is 0 Å². The molecule has 1 aromatic carbocycles. The van der Waals surface area contributed by atoms with E-state index in [1.54, 1.807) is 11.3 Å². The molecular weight excluding hydrogens is 286 g/mol. The molecule has 1 heterocycles. The molecule has 0 amide bonds. The van der Waals surface area contributed by atoms with Crippen LogP contribution in [0.15, 0.2) is 30.3 Å². The number of nitrogens with one attached hydrogen (secondary N) is 1. The summed E-state index contributed by atoms with van der Waals surface area (Å²) in [5, 5.41) is 3.54. The fraction of sp³-hybridized carbons (Fsp3) is 0.412. The second kappa shape index (κ2) is 6.64. The average Bonchev–Trinajstić information content (AvgIpc) is 2.81. The van der Waals surface area contributed by atoms with E-state index in [-0.39, 0.29) is 0 Å². The molecule has 3 heteroatoms. The van der Waals surface area contributed by atoms with Crippen LogP contribution in [0.3, 0.4) is 0 Å². The van der Waals surface area contributed by atoms with E-state index in [4.69, 9.17) is 11.6 Å². The number of benzene rings is 1. The lowest BCUT2D eigenvalue weighted by atomic mass is 9.94. The Balaban J connectivity index is 2.18. The van der Waals surface area contributed by atoms with Crippen molar-refractivity contribution in [2.45, 2.75) is 46.1 Å². The summed E-state index contributed by atoms with van der Waals surface area (Å²) in [5.74, 6) is 1.08. The normalized spacial score (nSPS) is 11.3. The summed E-state index contributed by atoms with van der Waals surface area (Å²) in [5.41, 5.74) is 4.02. The molecule has 1 nitrogen and oxygen atoms in total. The molecule has 108 valence electrons. The predicted molar refractivity (Wildman–Crippen MR) is 91.3 cm³/mol. The number of thiophene rings is 1. The fourth-order valence-corrected chi connectivity index (χ4v) is 3.24. The van der Waals surface area contributed by atoms with Gasteiger partial charge in [0.25, 0.3) is 0 Å². The van der Waals surface area contributed by atoms with E-state index in [1.165, 1.54) is 21.7 Å². The van der Waals surface area contributed by atoms with Gasteiger partial charge in [0.15, 0.2) is 0 Å². The summed E-state index contributed by atoms with van der Waals surface area (Å²) in [6, 6.07) is 10.8. The molecule has 0 bridgehead atoms. The first kappa shape index (κ1) is 15.4. The van der Waals surface area contributed by atoms with Crippen LogP contribution < -0.4 is 5.32 Å². The van der Waals surface area contributed by atoms with Crippen LogP contribution in [0, 0.1) is 0 Å². The van der Waals surface area contributed by atoms with Gasteiger partial charge in [0.2, 0.25) is 0 Å². The first-order valence-corrected chi connectivity index (χ1v) is 8.28. The Morgan fingerprint density at radius 1 is 1.05 bits per heavy atom. The molecule has 0 saturated carbocycles. The van der Waals surface area contributed by atoms with Crippen LogP contribution in [-0.2, 0) is 6.54 Å². The minimum atomic E-state index is 0.517. The summed E-state index contributed by atoms with van der Waals surface area (Å²) >= 11 is 7.60. The molecule has 20 heavy (non-hydrogen) atoms. The zero-order valence-corrected chi connectivity index (χ0v) is 14.1. The fourth-order valence-electron chi connectivity index (χ4n) is 2.21. The average molecular weight is 308 g/mol. The monoisotopic (exact) mass is 307 g/mol. The van der Waals surface area contributed by atoms with Gasteiger partial charge in [-0.3, -0.25) is 0 Å². The first-order valence-electron chi connectivity index (χ1n) is 7.09. The van der Waals surface area contributed by atoms with E-state index in [1.807, 2.05) is 6.07 Å². The van der Waals surface area contributed by atoms with E-state index in [0.717, 1.165) is 10.9 Å². The van der Waals surface area contributed by atoms with Crippen molar-refractivity contribution in [1.82, 2.24) is 0 Å². The minimum Gasteiger partial charge on any atom is -0.380 e. The van der Waals surface area contributed by atoms with Gasteiger partial charge in [0.05, 0.1) is 4.34 Å². The van der Waals surface area contributed by atoms with Gasteiger partial charge in [0.1, 0.15) is 0 Å². The van der Waals surface area contributed by atoms with Gasteiger partial charge in [-0.2, -0.15) is 0 Å². The van der Waals surface area contributed by atoms with Crippen molar-refractivity contribution in [1.29, 1.82) is 0 Å². The van der Waals surface area contributed by atoms with E-state index in [0.29, 0.717) is 11.8 Å². The van der Waals surface area contributed by atoms with Gasteiger partial charge >= 0.3 is 0 Å². The predicted octanol–water partition coefficient (Wildman–Crippen LogP) is 6.26. The highest BCUT2D eigenvalue weighted by Gasteiger charge is 2.10. The Morgan fingerprint density at radius 3 is 2.35 bits per heavy atom. The standard InChI is InChI=1S/C17H22ClNS/c1-11(2)13-5-7-16(15(9-13)12(3)4)19-10-14-6-8-17(18)20-14/h5-9,11-12,19H,10H2,1-4H3. The Morgan fingerprint density at radius 2 is 1.80 bits per heavy atom. The Kier molecular flexibility index (Phi) is 5.11. The third kappa shape index (κ3) is 3.77. The quantitative estimate of drug-likeness (QED) is 0.687. The zero-order valence-electron chi connectivity index (χ0n) is 12.5. The topological polar surface area (TPSA) is 12.0 Å². The van der Waals surface area contributed by atoms with E-state index < -0.39 is 0 Å². The number of rotatable bonds is 5. The van der Waals surface area contributed by atoms with Crippen molar-refractivity contribution < 1.29 is 0 Å². The molecule has 1 aromatic heterocycles. The summed E-state index contributed by atoms with van der Waals surface area (Å²) in [6.45, 7) is 9.79. The molecule has 0 atom stereocenters. The lowest BCUT2D eigenvalue weighted by Crippen LogP contribution is -2.03. The van der Waals surface area contributed by atoms with Gasteiger partial charge in [-0.1, -0.05) is 51.4 Å². The highest BCUT2D eigenvalue weighted by atomic mass is 35.5. The highest BCUT2D eigenvalue weighted by Crippen LogP contribution is 2.29. The van der Waals surface area contributed by atoms with Crippen molar-refractivity contribution in [2.75, 3.05) is 5.32 Å². The number of anilines is 1. The molecule has 0 saturated heterocycles. The summed E-state index contributed by atoms with van der Waals surface area (Å²) in [4.78, 5) is 1.26. The molecule has 2 aromatic rings. The Labute approximate surface area is 131 Å². The van der Waals surface area contributed by atoms with Gasteiger partial charge in [-0.05, 0) is 41.2 Å². The van der Waals surface area contributed by atoms with Gasteiger partial charge in [-0.15, -0.1) is 11.3 Å². The van der Waals surface area contributed by atoms with E-state index >= 15 is 0 Å². The Bertz CT molecular complexity index is 572. The molecule has 1 N–H and O–H groups in total. The third-order valence-electron chi connectivity index (χ3n) is 3.45. The van der Waals surface area contributed by atoms with Gasteiger partial charge in [0, 0.05) is 17.1 Å². The molecule has 0 fully saturated rings. The maximum atomic E-state index is 5.97. The molecule has 0 spiro atoms. The first-order chi connectivity index (χ1) is 9.47. The highest BCUT2D eigenvalue weighted by molar-refractivity contribution is 7.16. The van der Waals surface area contributed by atoms with Crippen LogP contribution in [0.1, 0.15) is 55.5 Å². The number of halogens is 1. The van der Waals surface area contributed by atoms with Crippen LogP contribution in [0.2, 0.25) is 4.34 Å². The van der Waals surface area contributed by atoms with E-state index in [9.17, 15) is 0 Å². The van der Waals surface area contributed by atoms with Gasteiger partial charge < -0.3 is 5.32 Å². The van der Waals surface area contributed by atoms with E-state index in [2.05, 4.69) is 57.3 Å². The number of hydrogen-bond acceptors (Lipinski definition) is 2. The SMILES string of the molecule is CC(C)c1ccc(NCc2ccc(Cl)s2)c(C(C)C)c1. The summed E-state index contributed by atoms with van der Waals surface area (Å²) in [6.07, 6.45) is 0. The van der Waals surface area contributed by atoms with Crippen LogP contribution in [0.25, 0.3) is 0 Å². The molecule has 2 rings (SSSR count). The molecule has 0 radical (unpaired) electrons. The van der Waals surface area contributed by atoms with Crippen molar-refractivity contribution in [3.8, 4) is 0 Å². The van der Waals surface area contributed by atoms with Crippen LogP contribution in [0.5, 0.6) is 0 Å². The maximum absolute atomic E-state index is 5.97. The molecule has 0 aliphatic rings. The van der Waals surface area contributed by atoms with Crippen molar-refractivity contribution in [2.24, 2.45) is 0 Å². The maximum Gasteiger partial charge on any atom is 0.0931 e. The molecule has 0 unspecified atom stereocenters. The number of hydrogen-bond donors (Lipinski definition) is 1. The largest absolute Gasteiger partial charge is 0.380 e.